The smallest absolute Gasteiger partial charge is 0.224 e. The van der Waals surface area contributed by atoms with E-state index in [2.05, 4.69) is 10.3 Å². The molecule has 1 saturated carbocycles. The molecule has 1 aromatic heterocycles. The number of aliphatic hydroxyl groups is 1. The predicted molar refractivity (Wildman–Crippen MR) is 95.6 cm³/mol. The number of amides is 1. The van der Waals surface area contributed by atoms with Crippen LogP contribution < -0.4 is 10.1 Å². The summed E-state index contributed by atoms with van der Waals surface area (Å²) in [5.41, 5.74) is 1.70. The lowest BCUT2D eigenvalue weighted by molar-refractivity contribution is -0.122. The Hall–Kier alpha value is -2.11. The molecule has 1 aromatic carbocycles. The standard InChI is InChI=1S/C19H21ClN2O3/c1-25-18-7-6-13(11-21-18)19(14-8-15(23)9-14)22-17(24)10-12-4-2-3-5-16(12)20/h2-7,11,14-15,19,23H,8-10H2,1H3,(H,22,24). The number of benzene rings is 1. The molecule has 3 rings (SSSR count). The van der Waals surface area contributed by atoms with Gasteiger partial charge in [-0.15, -0.1) is 0 Å². The third-order valence-electron chi connectivity index (χ3n) is 4.57. The zero-order chi connectivity index (χ0) is 17.8. The van der Waals surface area contributed by atoms with Gasteiger partial charge in [0.25, 0.3) is 0 Å². The van der Waals surface area contributed by atoms with Gasteiger partial charge in [-0.25, -0.2) is 4.98 Å². The number of pyridine rings is 1. The molecule has 0 radical (unpaired) electrons. The largest absolute Gasteiger partial charge is 0.481 e. The molecule has 1 amide bonds. The van der Waals surface area contributed by atoms with Crippen molar-refractivity contribution in [1.82, 2.24) is 10.3 Å². The van der Waals surface area contributed by atoms with Crippen molar-refractivity contribution in [2.45, 2.75) is 31.4 Å². The first-order valence-corrected chi connectivity index (χ1v) is 8.65. The fraction of sp³-hybridized carbons (Fsp3) is 0.368. The number of carbonyl (C=O) groups excluding carboxylic acids is 1. The Labute approximate surface area is 152 Å². The Kier molecular flexibility index (Phi) is 5.56. The predicted octanol–water partition coefficient (Wildman–Crippen LogP) is 2.91. The second kappa shape index (κ2) is 7.85. The highest BCUT2D eigenvalue weighted by atomic mass is 35.5. The maximum Gasteiger partial charge on any atom is 0.224 e. The van der Waals surface area contributed by atoms with Crippen LogP contribution in [0, 0.1) is 5.92 Å². The van der Waals surface area contributed by atoms with Gasteiger partial charge in [0.1, 0.15) is 0 Å². The molecule has 1 atom stereocenters. The van der Waals surface area contributed by atoms with E-state index in [1.807, 2.05) is 24.3 Å². The van der Waals surface area contributed by atoms with E-state index >= 15 is 0 Å². The first-order chi connectivity index (χ1) is 12.1. The number of rotatable bonds is 6. The summed E-state index contributed by atoms with van der Waals surface area (Å²) in [5, 5.41) is 13.3. The molecule has 6 heteroatoms. The number of hydrogen-bond acceptors (Lipinski definition) is 4. The molecular weight excluding hydrogens is 340 g/mol. The third kappa shape index (κ3) is 4.30. The minimum absolute atomic E-state index is 0.102. The molecule has 2 aromatic rings. The number of aliphatic hydroxyl groups excluding tert-OH is 1. The molecule has 132 valence electrons. The number of methoxy groups -OCH3 is 1. The van der Waals surface area contributed by atoms with Crippen molar-refractivity contribution < 1.29 is 14.6 Å². The van der Waals surface area contributed by atoms with E-state index in [1.54, 1.807) is 25.4 Å². The summed E-state index contributed by atoms with van der Waals surface area (Å²) < 4.78 is 5.09. The lowest BCUT2D eigenvalue weighted by Gasteiger charge is -2.38. The molecule has 1 aliphatic carbocycles. The molecule has 0 spiro atoms. The van der Waals surface area contributed by atoms with Crippen molar-refractivity contribution >= 4 is 17.5 Å². The van der Waals surface area contributed by atoms with Gasteiger partial charge < -0.3 is 15.2 Å². The fourth-order valence-electron chi connectivity index (χ4n) is 3.11. The van der Waals surface area contributed by atoms with Crippen LogP contribution in [-0.4, -0.2) is 29.2 Å². The molecule has 1 fully saturated rings. The maximum atomic E-state index is 12.5. The van der Waals surface area contributed by atoms with Gasteiger partial charge in [-0.1, -0.05) is 35.9 Å². The fourth-order valence-corrected chi connectivity index (χ4v) is 3.31. The SMILES string of the molecule is COc1ccc(C(NC(=O)Cc2ccccc2Cl)C2CC(O)C2)cn1. The highest BCUT2D eigenvalue weighted by Gasteiger charge is 2.35. The van der Waals surface area contributed by atoms with Crippen LogP contribution >= 0.6 is 11.6 Å². The highest BCUT2D eigenvalue weighted by Crippen LogP contribution is 2.38. The van der Waals surface area contributed by atoms with Crippen LogP contribution in [0.3, 0.4) is 0 Å². The van der Waals surface area contributed by atoms with Crippen LogP contribution in [0.2, 0.25) is 5.02 Å². The van der Waals surface area contributed by atoms with E-state index in [0.29, 0.717) is 23.7 Å². The van der Waals surface area contributed by atoms with Crippen molar-refractivity contribution in [3.63, 3.8) is 0 Å². The van der Waals surface area contributed by atoms with Gasteiger partial charge in [-0.05, 0) is 36.0 Å². The normalized spacial score (nSPS) is 20.4. The first-order valence-electron chi connectivity index (χ1n) is 8.27. The van der Waals surface area contributed by atoms with Crippen molar-refractivity contribution in [3.05, 3.63) is 58.7 Å². The number of carbonyl (C=O) groups is 1. The van der Waals surface area contributed by atoms with Gasteiger partial charge in [0.15, 0.2) is 0 Å². The van der Waals surface area contributed by atoms with E-state index in [4.69, 9.17) is 16.3 Å². The summed E-state index contributed by atoms with van der Waals surface area (Å²) in [6.07, 6.45) is 2.98. The molecule has 25 heavy (non-hydrogen) atoms. The van der Waals surface area contributed by atoms with Gasteiger partial charge >= 0.3 is 0 Å². The lowest BCUT2D eigenvalue weighted by Crippen LogP contribution is -2.42. The van der Waals surface area contributed by atoms with Crippen molar-refractivity contribution in [2.75, 3.05) is 7.11 Å². The van der Waals surface area contributed by atoms with Gasteiger partial charge in [-0.2, -0.15) is 0 Å². The Morgan fingerprint density at radius 2 is 2.12 bits per heavy atom. The van der Waals surface area contributed by atoms with E-state index < -0.39 is 0 Å². The quantitative estimate of drug-likeness (QED) is 0.830. The summed E-state index contributed by atoms with van der Waals surface area (Å²) in [5.74, 6) is 0.620. The summed E-state index contributed by atoms with van der Waals surface area (Å²) >= 11 is 6.14. The van der Waals surface area contributed by atoms with Crippen LogP contribution in [0.1, 0.15) is 30.0 Å². The second-order valence-electron chi connectivity index (χ2n) is 6.33. The Balaban J connectivity index is 1.73. The number of nitrogens with one attached hydrogen (secondary N) is 1. The first kappa shape index (κ1) is 17.7. The molecule has 0 aliphatic heterocycles. The van der Waals surface area contributed by atoms with E-state index in [9.17, 15) is 9.90 Å². The monoisotopic (exact) mass is 360 g/mol. The number of aromatic nitrogens is 1. The van der Waals surface area contributed by atoms with Gasteiger partial charge in [-0.3, -0.25) is 4.79 Å². The molecule has 1 unspecified atom stereocenters. The molecule has 0 saturated heterocycles. The maximum absolute atomic E-state index is 12.5. The lowest BCUT2D eigenvalue weighted by atomic mass is 9.75. The van der Waals surface area contributed by atoms with Crippen LogP contribution in [0.5, 0.6) is 5.88 Å². The summed E-state index contributed by atoms with van der Waals surface area (Å²) in [6, 6.07) is 10.8. The molecule has 1 aliphatic rings. The van der Waals surface area contributed by atoms with Gasteiger partial charge in [0, 0.05) is 17.3 Å². The molecule has 1 heterocycles. The Morgan fingerprint density at radius 1 is 1.36 bits per heavy atom. The number of hydrogen-bond donors (Lipinski definition) is 2. The van der Waals surface area contributed by atoms with E-state index in [0.717, 1.165) is 11.1 Å². The number of ether oxygens (including phenoxy) is 1. The average Bonchev–Trinajstić information content (AvgIpc) is 2.59. The van der Waals surface area contributed by atoms with Gasteiger partial charge in [0.05, 0.1) is 25.7 Å². The second-order valence-corrected chi connectivity index (χ2v) is 6.74. The summed E-state index contributed by atoms with van der Waals surface area (Å²) in [4.78, 5) is 16.7. The molecular formula is C19H21ClN2O3. The third-order valence-corrected chi connectivity index (χ3v) is 4.94. The topological polar surface area (TPSA) is 71.5 Å². The van der Waals surface area contributed by atoms with Crippen LogP contribution in [0.15, 0.2) is 42.6 Å². The summed E-state index contributed by atoms with van der Waals surface area (Å²) in [6.45, 7) is 0. The van der Waals surface area contributed by atoms with Crippen molar-refractivity contribution in [2.24, 2.45) is 5.92 Å². The van der Waals surface area contributed by atoms with E-state index in [-0.39, 0.29) is 30.4 Å². The Morgan fingerprint density at radius 3 is 2.72 bits per heavy atom. The minimum Gasteiger partial charge on any atom is -0.481 e. The zero-order valence-corrected chi connectivity index (χ0v) is 14.7. The van der Waals surface area contributed by atoms with Crippen LogP contribution in [0.25, 0.3) is 0 Å². The van der Waals surface area contributed by atoms with Crippen molar-refractivity contribution in [1.29, 1.82) is 0 Å². The van der Waals surface area contributed by atoms with Gasteiger partial charge in [0.2, 0.25) is 11.8 Å². The number of halogens is 1. The average molecular weight is 361 g/mol. The highest BCUT2D eigenvalue weighted by molar-refractivity contribution is 6.31. The number of nitrogens with zero attached hydrogens (tertiary/aromatic N) is 1. The Bertz CT molecular complexity index is 730. The van der Waals surface area contributed by atoms with E-state index in [1.165, 1.54) is 0 Å². The summed E-state index contributed by atoms with van der Waals surface area (Å²) in [7, 11) is 1.56. The minimum atomic E-state index is -0.292. The molecule has 2 N–H and O–H groups in total. The van der Waals surface area contributed by atoms with Crippen LogP contribution in [-0.2, 0) is 11.2 Å². The van der Waals surface area contributed by atoms with Crippen LogP contribution in [0.4, 0.5) is 0 Å². The van der Waals surface area contributed by atoms with Crippen molar-refractivity contribution in [3.8, 4) is 5.88 Å². The zero-order valence-electron chi connectivity index (χ0n) is 14.0. The molecule has 0 bridgehead atoms. The molecule has 5 nitrogen and oxygen atoms in total.